The molecular formula is C43H34N2. The molecule has 2 nitrogen and oxygen atoms in total. The molecule has 1 heterocycles. The number of fused-ring (bicyclic) bond motifs is 2. The fraction of sp³-hybridized carbons (Fsp3) is 0.0233. The molecule has 1 aromatic heterocycles. The lowest BCUT2D eigenvalue weighted by molar-refractivity contribution is 1.07. The molecule has 0 aliphatic rings. The predicted octanol–water partition coefficient (Wildman–Crippen LogP) is 11.7. The molecule has 0 saturated heterocycles. The van der Waals surface area contributed by atoms with Crippen LogP contribution in [0.15, 0.2) is 170 Å². The summed E-state index contributed by atoms with van der Waals surface area (Å²) in [6.45, 7) is 6.41. The average molecular weight is 579 g/mol. The molecule has 0 fully saturated rings. The minimum Gasteiger partial charge on any atom is -0.308 e. The first-order valence-electron chi connectivity index (χ1n) is 15.4. The summed E-state index contributed by atoms with van der Waals surface area (Å²) >= 11 is 0. The zero-order chi connectivity index (χ0) is 30.6. The Morgan fingerprint density at radius 2 is 0.956 bits per heavy atom. The van der Waals surface area contributed by atoms with Crippen LogP contribution in [0.25, 0.3) is 67.7 Å². The van der Waals surface area contributed by atoms with Gasteiger partial charge < -0.3 is 9.13 Å². The summed E-state index contributed by atoms with van der Waals surface area (Å²) in [7, 11) is 0. The summed E-state index contributed by atoms with van der Waals surface area (Å²) in [5.41, 5.74) is 12.3. The van der Waals surface area contributed by atoms with Gasteiger partial charge in [0.05, 0.1) is 22.2 Å². The van der Waals surface area contributed by atoms with E-state index in [1.54, 1.807) is 0 Å². The number of rotatable bonds is 6. The van der Waals surface area contributed by atoms with Gasteiger partial charge >= 0.3 is 0 Å². The quantitative estimate of drug-likeness (QED) is 0.186. The van der Waals surface area contributed by atoms with Crippen LogP contribution in [0.4, 0.5) is 0 Å². The third-order valence-electron chi connectivity index (χ3n) is 8.25. The normalized spacial score (nSPS) is 11.2. The highest BCUT2D eigenvalue weighted by Crippen LogP contribution is 2.35. The second-order valence-electron chi connectivity index (χ2n) is 11.0. The lowest BCUT2D eigenvalue weighted by Gasteiger charge is -2.22. The molecule has 0 unspecified atom stereocenters. The molecule has 0 bridgehead atoms. The maximum atomic E-state index is 4.34. The van der Waals surface area contributed by atoms with Gasteiger partial charge in [0, 0.05) is 22.3 Å². The Morgan fingerprint density at radius 3 is 1.51 bits per heavy atom. The molecule has 0 amide bonds. The predicted molar refractivity (Wildman–Crippen MR) is 193 cm³/mol. The molecular weight excluding hydrogens is 544 g/mol. The van der Waals surface area contributed by atoms with Crippen molar-refractivity contribution in [3.63, 3.8) is 0 Å². The van der Waals surface area contributed by atoms with Crippen LogP contribution in [0.1, 0.15) is 18.2 Å². The molecule has 2 heteroatoms. The Labute approximate surface area is 264 Å². The summed E-state index contributed by atoms with van der Waals surface area (Å²) in [5.74, 6) is 0. The van der Waals surface area contributed by atoms with Gasteiger partial charge in [0.1, 0.15) is 0 Å². The number of aromatic nitrogens is 2. The van der Waals surface area contributed by atoms with Crippen LogP contribution >= 0.6 is 0 Å². The Bertz CT molecular complexity index is 2160. The first kappa shape index (κ1) is 27.9. The van der Waals surface area contributed by atoms with Gasteiger partial charge in [-0.2, -0.15) is 0 Å². The first-order chi connectivity index (χ1) is 22.3. The van der Waals surface area contributed by atoms with E-state index < -0.39 is 0 Å². The molecule has 6 aromatic carbocycles. The van der Waals surface area contributed by atoms with Gasteiger partial charge in [-0.25, -0.2) is 0 Å². The summed E-state index contributed by atoms with van der Waals surface area (Å²) in [4.78, 5) is 0. The molecule has 0 aliphatic carbocycles. The highest BCUT2D eigenvalue weighted by Gasteiger charge is 2.16. The molecule has 7 rings (SSSR count). The van der Waals surface area contributed by atoms with Gasteiger partial charge in [-0.3, -0.25) is 0 Å². The molecule has 0 N–H and O–H groups in total. The second-order valence-corrected chi connectivity index (χ2v) is 11.0. The van der Waals surface area contributed by atoms with Crippen LogP contribution in [0, 0.1) is 0 Å². The largest absolute Gasteiger partial charge is 0.308 e. The molecule has 7 aromatic rings. The smallest absolute Gasteiger partial charge is 0.0702 e. The average Bonchev–Trinajstić information content (AvgIpc) is 3.10. The Hall–Kier alpha value is -5.86. The van der Waals surface area contributed by atoms with Crippen molar-refractivity contribution in [2.45, 2.75) is 6.92 Å². The SMILES string of the molecule is C=Cc1c(/C=C\C)n(-c2ccccc2)c2ccccc2n(-c2cc(-c3ccccc3)cc(-c3ccccc3)c2)c2ccccc12. The molecule has 0 saturated carbocycles. The van der Waals surface area contributed by atoms with Gasteiger partial charge in [0.25, 0.3) is 0 Å². The van der Waals surface area contributed by atoms with E-state index in [0.29, 0.717) is 0 Å². The number of hydrogen-bond donors (Lipinski definition) is 0. The molecule has 0 radical (unpaired) electrons. The lowest BCUT2D eigenvalue weighted by atomic mass is 9.97. The van der Waals surface area contributed by atoms with E-state index in [1.807, 2.05) is 6.08 Å². The number of para-hydroxylation sites is 4. The third kappa shape index (κ3) is 5.28. The lowest BCUT2D eigenvalue weighted by Crippen LogP contribution is -2.08. The van der Waals surface area contributed by atoms with Gasteiger partial charge in [0.15, 0.2) is 0 Å². The summed E-state index contributed by atoms with van der Waals surface area (Å²) in [6.07, 6.45) is 6.29. The topological polar surface area (TPSA) is 9.86 Å². The van der Waals surface area contributed by atoms with Crippen molar-refractivity contribution in [3.05, 3.63) is 182 Å². The van der Waals surface area contributed by atoms with E-state index in [4.69, 9.17) is 0 Å². The fourth-order valence-electron chi connectivity index (χ4n) is 6.26. The number of allylic oxidation sites excluding steroid dienone is 1. The van der Waals surface area contributed by atoms with E-state index in [1.165, 1.54) is 11.1 Å². The summed E-state index contributed by atoms with van der Waals surface area (Å²) in [6, 6.07) is 56.2. The molecule has 216 valence electrons. The number of benzene rings is 6. The number of hydrogen-bond acceptors (Lipinski definition) is 0. The highest BCUT2D eigenvalue weighted by atomic mass is 15.0. The van der Waals surface area contributed by atoms with Crippen LogP contribution in [-0.4, -0.2) is 9.13 Å². The maximum Gasteiger partial charge on any atom is 0.0702 e. The van der Waals surface area contributed by atoms with Crippen molar-refractivity contribution in [1.29, 1.82) is 0 Å². The zero-order valence-corrected chi connectivity index (χ0v) is 25.3. The molecule has 0 aliphatic heterocycles. The third-order valence-corrected chi connectivity index (χ3v) is 8.25. The second kappa shape index (κ2) is 12.4. The molecule has 0 atom stereocenters. The van der Waals surface area contributed by atoms with E-state index in [9.17, 15) is 0 Å². The van der Waals surface area contributed by atoms with Crippen molar-refractivity contribution in [2.75, 3.05) is 0 Å². The van der Waals surface area contributed by atoms with Crippen LogP contribution in [-0.2, 0) is 0 Å². The summed E-state index contributed by atoms with van der Waals surface area (Å²) in [5, 5.41) is 1.11. The Morgan fingerprint density at radius 1 is 0.467 bits per heavy atom. The van der Waals surface area contributed by atoms with Crippen molar-refractivity contribution in [1.82, 2.24) is 9.13 Å². The monoisotopic (exact) mass is 578 g/mol. The van der Waals surface area contributed by atoms with Crippen LogP contribution < -0.4 is 0 Å². The van der Waals surface area contributed by atoms with Crippen molar-refractivity contribution in [3.8, 4) is 33.6 Å². The van der Waals surface area contributed by atoms with E-state index >= 15 is 0 Å². The molecule has 0 spiro atoms. The van der Waals surface area contributed by atoms with Gasteiger partial charge in [-0.1, -0.05) is 128 Å². The van der Waals surface area contributed by atoms with E-state index in [0.717, 1.165) is 55.7 Å². The van der Waals surface area contributed by atoms with Crippen molar-refractivity contribution >= 4 is 34.1 Å². The van der Waals surface area contributed by atoms with Crippen molar-refractivity contribution < 1.29 is 0 Å². The Balaban J connectivity index is 1.72. The van der Waals surface area contributed by atoms with Crippen LogP contribution in [0.5, 0.6) is 0 Å². The van der Waals surface area contributed by atoms with Gasteiger partial charge in [-0.05, 0) is 83.8 Å². The summed E-state index contributed by atoms with van der Waals surface area (Å²) < 4.78 is 4.77. The standard InChI is InChI=1S/C43H34N2/c1-3-18-40-38(4-2)39-25-14-15-26-41(39)45(43-28-17-16-27-42(43)44(40)36-23-12-7-13-24-36)37-30-34(32-19-8-5-9-20-32)29-35(31-37)33-21-10-6-11-22-33/h3-31H,2H2,1H3/b18-3-,40-38?. The molecule has 45 heavy (non-hydrogen) atoms. The minimum absolute atomic E-state index is 1.06. The zero-order valence-electron chi connectivity index (χ0n) is 25.3. The maximum absolute atomic E-state index is 4.34. The van der Waals surface area contributed by atoms with Crippen LogP contribution in [0.2, 0.25) is 0 Å². The van der Waals surface area contributed by atoms with Crippen molar-refractivity contribution in [2.24, 2.45) is 0 Å². The Kier molecular flexibility index (Phi) is 7.70. The van der Waals surface area contributed by atoms with E-state index in [2.05, 4.69) is 193 Å². The minimum atomic E-state index is 1.06. The van der Waals surface area contributed by atoms with Gasteiger partial charge in [-0.15, -0.1) is 0 Å². The van der Waals surface area contributed by atoms with Crippen LogP contribution in [0.3, 0.4) is 0 Å². The highest BCUT2D eigenvalue weighted by molar-refractivity contribution is 5.96. The van der Waals surface area contributed by atoms with E-state index in [-0.39, 0.29) is 0 Å². The fourth-order valence-corrected chi connectivity index (χ4v) is 6.26. The number of nitrogens with zero attached hydrogens (tertiary/aromatic N) is 2. The first-order valence-corrected chi connectivity index (χ1v) is 15.4. The van der Waals surface area contributed by atoms with Gasteiger partial charge in [0.2, 0.25) is 0 Å².